The summed E-state index contributed by atoms with van der Waals surface area (Å²) >= 11 is 0. The molecule has 0 unspecified atom stereocenters. The van der Waals surface area contributed by atoms with Crippen molar-refractivity contribution in [2.24, 2.45) is 0 Å². The number of hydrogen-bond acceptors (Lipinski definition) is 9. The number of nitrogens with zero attached hydrogens (tertiary/aromatic N) is 4. The summed E-state index contributed by atoms with van der Waals surface area (Å²) in [5, 5.41) is 4.85. The standard InChI is InChI=1S/C22H30FN5O4/c1-14(2)30-22(29)32-28-11-8-18(9-12-28)31-21-15(3)20(24-13-25-21)27-19-6-5-17(7-10-23)26-16(19)4/h5-6,13-14,18H,7-12H2,1-4H3,(H,24,25,27). The molecule has 2 aromatic heterocycles. The highest BCUT2D eigenvalue weighted by Crippen LogP contribution is 2.27. The Labute approximate surface area is 187 Å². The smallest absolute Gasteiger partial charge is 0.474 e. The topological polar surface area (TPSA) is 98.7 Å². The highest BCUT2D eigenvalue weighted by atomic mass is 19.1. The van der Waals surface area contributed by atoms with Crippen LogP contribution in [-0.2, 0) is 16.0 Å². The van der Waals surface area contributed by atoms with E-state index < -0.39 is 12.8 Å². The SMILES string of the molecule is Cc1nc(CCF)ccc1Nc1ncnc(OC2CCN(OC(=O)OC(C)C)CC2)c1C. The van der Waals surface area contributed by atoms with Gasteiger partial charge in [0.15, 0.2) is 0 Å². The van der Waals surface area contributed by atoms with Gasteiger partial charge in [-0.3, -0.25) is 9.37 Å². The monoisotopic (exact) mass is 447 g/mol. The summed E-state index contributed by atoms with van der Waals surface area (Å²) in [6, 6.07) is 3.67. The molecule has 32 heavy (non-hydrogen) atoms. The van der Waals surface area contributed by atoms with E-state index in [-0.39, 0.29) is 12.2 Å². The number of ether oxygens (including phenoxy) is 2. The van der Waals surface area contributed by atoms with E-state index >= 15 is 0 Å². The van der Waals surface area contributed by atoms with Crippen LogP contribution in [-0.4, -0.2) is 58.1 Å². The van der Waals surface area contributed by atoms with Gasteiger partial charge in [-0.15, -0.1) is 5.06 Å². The minimum absolute atomic E-state index is 0.0548. The van der Waals surface area contributed by atoms with Crippen LogP contribution in [0.15, 0.2) is 18.5 Å². The van der Waals surface area contributed by atoms with E-state index in [9.17, 15) is 9.18 Å². The zero-order valence-corrected chi connectivity index (χ0v) is 18.9. The summed E-state index contributed by atoms with van der Waals surface area (Å²) in [5.41, 5.74) is 3.05. The highest BCUT2D eigenvalue weighted by molar-refractivity contribution is 5.62. The van der Waals surface area contributed by atoms with Crippen LogP contribution in [0.3, 0.4) is 0 Å². The number of piperidine rings is 1. The normalized spacial score (nSPS) is 14.9. The van der Waals surface area contributed by atoms with Crippen molar-refractivity contribution in [1.29, 1.82) is 0 Å². The molecular weight excluding hydrogens is 417 g/mol. The Kier molecular flexibility index (Phi) is 8.15. The van der Waals surface area contributed by atoms with E-state index in [0.717, 1.165) is 16.9 Å². The maximum absolute atomic E-state index is 12.6. The minimum Gasteiger partial charge on any atom is -0.474 e. The van der Waals surface area contributed by atoms with Gasteiger partial charge in [0.2, 0.25) is 5.88 Å². The third-order valence-corrected chi connectivity index (χ3v) is 5.00. The van der Waals surface area contributed by atoms with Gasteiger partial charge in [-0.05, 0) is 39.8 Å². The number of alkyl halides is 1. The predicted molar refractivity (Wildman–Crippen MR) is 117 cm³/mol. The number of pyridine rings is 1. The van der Waals surface area contributed by atoms with Gasteiger partial charge in [-0.1, -0.05) is 0 Å². The molecule has 1 saturated heterocycles. The van der Waals surface area contributed by atoms with Crippen LogP contribution in [0.4, 0.5) is 20.7 Å². The molecule has 9 nitrogen and oxygen atoms in total. The summed E-state index contributed by atoms with van der Waals surface area (Å²) in [5.74, 6) is 1.12. The van der Waals surface area contributed by atoms with Crippen molar-refractivity contribution in [3.05, 3.63) is 35.4 Å². The fourth-order valence-electron chi connectivity index (χ4n) is 3.31. The molecule has 174 valence electrons. The van der Waals surface area contributed by atoms with Crippen molar-refractivity contribution < 1.29 is 23.5 Å². The highest BCUT2D eigenvalue weighted by Gasteiger charge is 2.25. The van der Waals surface area contributed by atoms with Gasteiger partial charge in [0, 0.05) is 38.0 Å². The molecular formula is C22H30FN5O4. The molecule has 3 heterocycles. The maximum atomic E-state index is 12.6. The number of rotatable bonds is 8. The van der Waals surface area contributed by atoms with Crippen molar-refractivity contribution in [2.45, 2.75) is 59.2 Å². The second-order valence-electron chi connectivity index (χ2n) is 7.91. The lowest BCUT2D eigenvalue weighted by Gasteiger charge is -2.30. The van der Waals surface area contributed by atoms with Crippen molar-refractivity contribution in [2.75, 3.05) is 25.1 Å². The molecule has 1 N–H and O–H groups in total. The van der Waals surface area contributed by atoms with E-state index in [0.29, 0.717) is 49.7 Å². The van der Waals surface area contributed by atoms with Crippen LogP contribution >= 0.6 is 0 Å². The quantitative estimate of drug-likeness (QED) is 0.601. The van der Waals surface area contributed by atoms with Gasteiger partial charge in [0.1, 0.15) is 18.2 Å². The number of aromatic nitrogens is 3. The van der Waals surface area contributed by atoms with Gasteiger partial charge in [0.05, 0.1) is 29.7 Å². The molecule has 10 heteroatoms. The zero-order valence-electron chi connectivity index (χ0n) is 18.9. The van der Waals surface area contributed by atoms with Crippen LogP contribution in [0.2, 0.25) is 0 Å². The van der Waals surface area contributed by atoms with Crippen molar-refractivity contribution in [3.63, 3.8) is 0 Å². The molecule has 0 amide bonds. The third-order valence-electron chi connectivity index (χ3n) is 5.00. The number of carbonyl (C=O) groups is 1. The molecule has 1 aliphatic rings. The van der Waals surface area contributed by atoms with Gasteiger partial charge < -0.3 is 19.6 Å². The summed E-state index contributed by atoms with van der Waals surface area (Å²) in [6.45, 7) is 7.95. The second-order valence-corrected chi connectivity index (χ2v) is 7.91. The molecule has 3 rings (SSSR count). The fourth-order valence-corrected chi connectivity index (χ4v) is 3.31. The summed E-state index contributed by atoms with van der Waals surface area (Å²) in [4.78, 5) is 29.9. The van der Waals surface area contributed by atoms with Crippen LogP contribution in [0.25, 0.3) is 0 Å². The number of halogens is 1. The van der Waals surface area contributed by atoms with Gasteiger partial charge in [-0.2, -0.15) is 0 Å². The average molecular weight is 448 g/mol. The van der Waals surface area contributed by atoms with Gasteiger partial charge in [-0.25, -0.2) is 14.8 Å². The Morgan fingerprint density at radius 1 is 1.25 bits per heavy atom. The first kappa shape index (κ1) is 23.6. The van der Waals surface area contributed by atoms with E-state index in [2.05, 4.69) is 20.3 Å². The predicted octanol–water partition coefficient (Wildman–Crippen LogP) is 4.06. The molecule has 0 spiro atoms. The lowest BCUT2D eigenvalue weighted by Crippen LogP contribution is -2.40. The van der Waals surface area contributed by atoms with Crippen LogP contribution in [0.1, 0.15) is 43.6 Å². The zero-order chi connectivity index (χ0) is 23.1. The largest absolute Gasteiger partial charge is 0.528 e. The summed E-state index contributed by atoms with van der Waals surface area (Å²) < 4.78 is 23.7. The lowest BCUT2D eigenvalue weighted by molar-refractivity contribution is -0.151. The number of carbonyl (C=O) groups excluding carboxylic acids is 1. The Bertz CT molecular complexity index is 919. The average Bonchev–Trinajstić information content (AvgIpc) is 2.74. The van der Waals surface area contributed by atoms with Crippen LogP contribution < -0.4 is 10.1 Å². The van der Waals surface area contributed by atoms with Crippen LogP contribution in [0.5, 0.6) is 5.88 Å². The molecule has 0 bridgehead atoms. The van der Waals surface area contributed by atoms with Gasteiger partial charge >= 0.3 is 6.16 Å². The molecule has 1 aliphatic heterocycles. The first-order valence-corrected chi connectivity index (χ1v) is 10.8. The van der Waals surface area contributed by atoms with Crippen molar-refractivity contribution >= 4 is 17.7 Å². The van der Waals surface area contributed by atoms with Crippen molar-refractivity contribution in [3.8, 4) is 5.88 Å². The molecule has 2 aromatic rings. The van der Waals surface area contributed by atoms with E-state index in [4.69, 9.17) is 14.3 Å². The number of hydroxylamine groups is 2. The summed E-state index contributed by atoms with van der Waals surface area (Å²) in [7, 11) is 0. The molecule has 1 fully saturated rings. The van der Waals surface area contributed by atoms with E-state index in [1.54, 1.807) is 25.0 Å². The number of nitrogens with one attached hydrogen (secondary N) is 1. The number of aryl methyl sites for hydroxylation is 2. The third kappa shape index (κ3) is 6.49. The number of anilines is 2. The van der Waals surface area contributed by atoms with E-state index in [1.807, 2.05) is 19.9 Å². The van der Waals surface area contributed by atoms with E-state index in [1.165, 1.54) is 6.33 Å². The first-order valence-electron chi connectivity index (χ1n) is 10.8. The molecule has 0 saturated carbocycles. The van der Waals surface area contributed by atoms with Crippen LogP contribution in [0, 0.1) is 13.8 Å². The molecule has 0 radical (unpaired) electrons. The Morgan fingerprint density at radius 3 is 2.66 bits per heavy atom. The Morgan fingerprint density at radius 2 is 2.00 bits per heavy atom. The van der Waals surface area contributed by atoms with Crippen molar-refractivity contribution in [1.82, 2.24) is 20.0 Å². The Balaban J connectivity index is 1.58. The molecule has 0 aromatic carbocycles. The lowest BCUT2D eigenvalue weighted by atomic mass is 10.1. The molecule has 0 aliphatic carbocycles. The molecule has 0 atom stereocenters. The summed E-state index contributed by atoms with van der Waals surface area (Å²) in [6.07, 6.45) is 2.14. The minimum atomic E-state index is -0.691. The first-order chi connectivity index (χ1) is 15.4. The second kappa shape index (κ2) is 11.0. The number of hydrogen-bond donors (Lipinski definition) is 1. The fraction of sp³-hybridized carbons (Fsp3) is 0.545. The maximum Gasteiger partial charge on any atom is 0.528 e. The van der Waals surface area contributed by atoms with Gasteiger partial charge in [0.25, 0.3) is 0 Å². The Hall–Kier alpha value is -3.01.